The molecule has 1 aromatic carbocycles. The number of hydrogen-bond donors (Lipinski definition) is 1. The lowest BCUT2D eigenvalue weighted by Crippen LogP contribution is -2.21. The summed E-state index contributed by atoms with van der Waals surface area (Å²) in [6.45, 7) is 7.23. The molecule has 2 nitrogen and oxygen atoms in total. The van der Waals surface area contributed by atoms with E-state index in [0.717, 1.165) is 25.7 Å². The Kier molecular flexibility index (Phi) is 6.21. The van der Waals surface area contributed by atoms with Gasteiger partial charge in [-0.2, -0.15) is 0 Å². The van der Waals surface area contributed by atoms with Crippen LogP contribution in [0.15, 0.2) is 29.2 Å². The van der Waals surface area contributed by atoms with Gasteiger partial charge in [0, 0.05) is 36.4 Å². The van der Waals surface area contributed by atoms with Crippen molar-refractivity contribution in [3.63, 3.8) is 0 Å². The average molecular weight is 279 g/mol. The maximum Gasteiger partial charge on any atom is 0.0468 e. The van der Waals surface area contributed by atoms with E-state index in [1.165, 1.54) is 29.1 Å². The smallest absolute Gasteiger partial charge is 0.0468 e. The molecule has 1 aromatic rings. The second kappa shape index (κ2) is 7.93. The Hall–Kier alpha value is -0.510. The maximum atomic E-state index is 5.41. The van der Waals surface area contributed by atoms with Gasteiger partial charge in [-0.25, -0.2) is 0 Å². The van der Waals surface area contributed by atoms with Crippen molar-refractivity contribution >= 4 is 11.8 Å². The fourth-order valence-corrected chi connectivity index (χ4v) is 3.37. The van der Waals surface area contributed by atoms with Crippen molar-refractivity contribution in [1.82, 2.24) is 5.32 Å². The summed E-state index contributed by atoms with van der Waals surface area (Å²) in [5, 5.41) is 3.47. The topological polar surface area (TPSA) is 21.3 Å². The zero-order chi connectivity index (χ0) is 13.5. The van der Waals surface area contributed by atoms with E-state index in [1.54, 1.807) is 0 Å². The molecule has 1 aliphatic heterocycles. The second-order valence-corrected chi connectivity index (χ2v) is 6.64. The van der Waals surface area contributed by atoms with Gasteiger partial charge < -0.3 is 10.1 Å². The molecular weight excluding hydrogens is 254 g/mol. The van der Waals surface area contributed by atoms with Crippen LogP contribution >= 0.6 is 11.8 Å². The molecular formula is C16H25NOS. The highest BCUT2D eigenvalue weighted by Crippen LogP contribution is 2.26. The summed E-state index contributed by atoms with van der Waals surface area (Å²) >= 11 is 1.99. The largest absolute Gasteiger partial charge is 0.381 e. The normalized spacial score (nSPS) is 17.0. The quantitative estimate of drug-likeness (QED) is 0.802. The highest BCUT2D eigenvalue weighted by Gasteiger charge is 2.13. The fraction of sp³-hybridized carbons (Fsp3) is 0.625. The lowest BCUT2D eigenvalue weighted by molar-refractivity contribution is 0.0728. The van der Waals surface area contributed by atoms with Crippen LogP contribution in [-0.2, 0) is 11.3 Å². The van der Waals surface area contributed by atoms with Crippen LogP contribution in [-0.4, -0.2) is 25.0 Å². The molecule has 2 rings (SSSR count). The summed E-state index contributed by atoms with van der Waals surface area (Å²) < 4.78 is 5.41. The predicted molar refractivity (Wildman–Crippen MR) is 82.7 cm³/mol. The molecule has 19 heavy (non-hydrogen) atoms. The number of thioether (sulfide) groups is 1. The van der Waals surface area contributed by atoms with Crippen LogP contribution in [0, 0.1) is 5.92 Å². The number of rotatable bonds is 6. The Morgan fingerprint density at radius 2 is 2.11 bits per heavy atom. The number of hydrogen-bond acceptors (Lipinski definition) is 3. The van der Waals surface area contributed by atoms with Gasteiger partial charge in [0.15, 0.2) is 0 Å². The summed E-state index contributed by atoms with van der Waals surface area (Å²) in [6, 6.07) is 9.46. The first-order valence-electron chi connectivity index (χ1n) is 7.27. The first-order valence-corrected chi connectivity index (χ1v) is 8.25. The van der Waals surface area contributed by atoms with Crippen molar-refractivity contribution in [3.05, 3.63) is 29.8 Å². The molecule has 0 amide bonds. The van der Waals surface area contributed by atoms with Gasteiger partial charge in [-0.15, -0.1) is 11.8 Å². The highest BCUT2D eigenvalue weighted by molar-refractivity contribution is 7.99. The minimum atomic E-state index is 0.540. The van der Waals surface area contributed by atoms with Crippen molar-refractivity contribution in [1.29, 1.82) is 0 Å². The molecule has 1 heterocycles. The van der Waals surface area contributed by atoms with E-state index in [9.17, 15) is 0 Å². The lowest BCUT2D eigenvalue weighted by atomic mass is 10.0. The molecule has 1 aliphatic rings. The molecule has 0 bridgehead atoms. The van der Waals surface area contributed by atoms with E-state index in [2.05, 4.69) is 43.4 Å². The summed E-state index contributed by atoms with van der Waals surface area (Å²) in [6.07, 6.45) is 2.45. The standard InChI is InChI=1S/C16H25NOS/c1-13(2)17-11-15-4-3-5-16(10-15)19-12-14-6-8-18-9-7-14/h3-5,10,13-14,17H,6-9,11-12H2,1-2H3. The van der Waals surface area contributed by atoms with Crippen molar-refractivity contribution in [3.8, 4) is 0 Å². The molecule has 0 spiro atoms. The van der Waals surface area contributed by atoms with Gasteiger partial charge >= 0.3 is 0 Å². The van der Waals surface area contributed by atoms with Crippen LogP contribution in [0.3, 0.4) is 0 Å². The van der Waals surface area contributed by atoms with E-state index >= 15 is 0 Å². The lowest BCUT2D eigenvalue weighted by Gasteiger charge is -2.21. The summed E-state index contributed by atoms with van der Waals surface area (Å²) in [7, 11) is 0. The number of benzene rings is 1. The molecule has 1 fully saturated rings. The molecule has 0 saturated carbocycles. The average Bonchev–Trinajstić information content (AvgIpc) is 2.44. The Labute approximate surface area is 121 Å². The Bertz CT molecular complexity index is 375. The molecule has 0 radical (unpaired) electrons. The van der Waals surface area contributed by atoms with Gasteiger partial charge in [-0.1, -0.05) is 26.0 Å². The second-order valence-electron chi connectivity index (χ2n) is 5.55. The molecule has 0 aromatic heterocycles. The number of nitrogens with one attached hydrogen (secondary N) is 1. The van der Waals surface area contributed by atoms with Crippen LogP contribution in [0.2, 0.25) is 0 Å². The molecule has 3 heteroatoms. The third kappa shape index (κ3) is 5.55. The molecule has 0 unspecified atom stereocenters. The maximum absolute atomic E-state index is 5.41. The predicted octanol–water partition coefficient (Wildman–Crippen LogP) is 3.70. The van der Waals surface area contributed by atoms with Crippen LogP contribution in [0.4, 0.5) is 0 Å². The molecule has 1 saturated heterocycles. The van der Waals surface area contributed by atoms with Crippen molar-refractivity contribution in [2.24, 2.45) is 5.92 Å². The van der Waals surface area contributed by atoms with E-state index < -0.39 is 0 Å². The molecule has 0 aliphatic carbocycles. The van der Waals surface area contributed by atoms with Gasteiger partial charge in [-0.05, 0) is 36.5 Å². The van der Waals surface area contributed by atoms with E-state index in [1.807, 2.05) is 11.8 Å². The zero-order valence-electron chi connectivity index (χ0n) is 12.0. The fourth-order valence-electron chi connectivity index (χ4n) is 2.19. The number of ether oxygens (including phenoxy) is 1. The summed E-state index contributed by atoms with van der Waals surface area (Å²) in [4.78, 5) is 1.40. The van der Waals surface area contributed by atoms with E-state index in [-0.39, 0.29) is 0 Å². The van der Waals surface area contributed by atoms with Gasteiger partial charge in [0.25, 0.3) is 0 Å². The Morgan fingerprint density at radius 3 is 2.84 bits per heavy atom. The third-order valence-electron chi connectivity index (χ3n) is 3.44. The Morgan fingerprint density at radius 1 is 1.32 bits per heavy atom. The van der Waals surface area contributed by atoms with Gasteiger partial charge in [0.1, 0.15) is 0 Å². The van der Waals surface area contributed by atoms with Crippen LogP contribution in [0.5, 0.6) is 0 Å². The monoisotopic (exact) mass is 279 g/mol. The first kappa shape index (κ1) is 14.9. The molecule has 1 N–H and O–H groups in total. The molecule has 106 valence electrons. The van der Waals surface area contributed by atoms with Gasteiger partial charge in [-0.3, -0.25) is 0 Å². The minimum Gasteiger partial charge on any atom is -0.381 e. The van der Waals surface area contributed by atoms with Gasteiger partial charge in [0.05, 0.1) is 0 Å². The Balaban J connectivity index is 1.80. The van der Waals surface area contributed by atoms with Crippen molar-refractivity contribution < 1.29 is 4.74 Å². The van der Waals surface area contributed by atoms with Crippen molar-refractivity contribution in [2.45, 2.75) is 44.2 Å². The van der Waals surface area contributed by atoms with E-state index in [0.29, 0.717) is 6.04 Å². The SMILES string of the molecule is CC(C)NCc1cccc(SCC2CCOCC2)c1. The first-order chi connectivity index (χ1) is 9.24. The van der Waals surface area contributed by atoms with Crippen molar-refractivity contribution in [2.75, 3.05) is 19.0 Å². The summed E-state index contributed by atoms with van der Waals surface area (Å²) in [5.41, 5.74) is 1.38. The zero-order valence-corrected chi connectivity index (χ0v) is 12.8. The highest BCUT2D eigenvalue weighted by atomic mass is 32.2. The minimum absolute atomic E-state index is 0.540. The van der Waals surface area contributed by atoms with Gasteiger partial charge in [0.2, 0.25) is 0 Å². The third-order valence-corrected chi connectivity index (χ3v) is 4.66. The summed E-state index contributed by atoms with van der Waals surface area (Å²) in [5.74, 6) is 2.06. The molecule has 0 atom stereocenters. The van der Waals surface area contributed by atoms with Crippen LogP contribution in [0.1, 0.15) is 32.3 Å². The van der Waals surface area contributed by atoms with Crippen LogP contribution < -0.4 is 5.32 Å². The van der Waals surface area contributed by atoms with E-state index in [4.69, 9.17) is 4.74 Å². The van der Waals surface area contributed by atoms with Crippen LogP contribution in [0.25, 0.3) is 0 Å².